The van der Waals surface area contributed by atoms with Crippen LogP contribution >= 0.6 is 0 Å². The van der Waals surface area contributed by atoms with Crippen LogP contribution in [0.25, 0.3) is 0 Å². The molecule has 1 saturated heterocycles. The van der Waals surface area contributed by atoms with Crippen molar-refractivity contribution in [1.82, 2.24) is 20.0 Å². The second-order valence-corrected chi connectivity index (χ2v) is 4.41. The van der Waals surface area contributed by atoms with Crippen LogP contribution in [0.1, 0.15) is 18.2 Å². The Labute approximate surface area is 91.3 Å². The maximum absolute atomic E-state index is 4.26. The highest BCUT2D eigenvalue weighted by molar-refractivity contribution is 5.10. The van der Waals surface area contributed by atoms with E-state index in [9.17, 15) is 0 Å². The minimum Gasteiger partial charge on any atom is -0.319 e. The van der Waals surface area contributed by atoms with Gasteiger partial charge in [-0.1, -0.05) is 0 Å². The predicted molar refractivity (Wildman–Crippen MR) is 60.6 cm³/mol. The van der Waals surface area contributed by atoms with Crippen molar-refractivity contribution in [3.63, 3.8) is 0 Å². The van der Waals surface area contributed by atoms with Crippen LogP contribution in [0.5, 0.6) is 0 Å². The number of nitrogens with zero attached hydrogens (tertiary/aromatic N) is 3. The smallest absolute Gasteiger partial charge is 0.0555 e. The van der Waals surface area contributed by atoms with Gasteiger partial charge in [-0.3, -0.25) is 9.58 Å². The maximum atomic E-state index is 4.26. The van der Waals surface area contributed by atoms with Crippen LogP contribution in [0.4, 0.5) is 0 Å². The monoisotopic (exact) mass is 208 g/mol. The average molecular weight is 208 g/mol. The van der Waals surface area contributed by atoms with Crippen LogP contribution in [0, 0.1) is 5.92 Å². The van der Waals surface area contributed by atoms with Crippen molar-refractivity contribution in [3.8, 4) is 0 Å². The lowest BCUT2D eigenvalue weighted by atomic mass is 9.97. The van der Waals surface area contributed by atoms with Crippen molar-refractivity contribution in [2.45, 2.75) is 12.5 Å². The molecule has 1 aliphatic rings. The van der Waals surface area contributed by atoms with Crippen LogP contribution < -0.4 is 5.32 Å². The highest BCUT2D eigenvalue weighted by atomic mass is 15.3. The molecule has 2 heterocycles. The second-order valence-electron chi connectivity index (χ2n) is 4.41. The van der Waals surface area contributed by atoms with Gasteiger partial charge in [-0.15, -0.1) is 0 Å². The van der Waals surface area contributed by atoms with Crippen molar-refractivity contribution in [2.75, 3.05) is 27.2 Å². The van der Waals surface area contributed by atoms with Gasteiger partial charge < -0.3 is 5.32 Å². The summed E-state index contributed by atoms with van der Waals surface area (Å²) in [4.78, 5) is 2.43. The largest absolute Gasteiger partial charge is 0.319 e. The molecule has 15 heavy (non-hydrogen) atoms. The first-order valence-electron chi connectivity index (χ1n) is 5.56. The van der Waals surface area contributed by atoms with E-state index < -0.39 is 0 Å². The van der Waals surface area contributed by atoms with Crippen LogP contribution in [-0.4, -0.2) is 41.9 Å². The third-order valence-electron chi connectivity index (χ3n) is 3.40. The molecule has 2 atom stereocenters. The summed E-state index contributed by atoms with van der Waals surface area (Å²) >= 11 is 0. The fourth-order valence-electron chi connectivity index (χ4n) is 2.64. The first-order valence-corrected chi connectivity index (χ1v) is 5.56. The Morgan fingerprint density at radius 2 is 2.33 bits per heavy atom. The summed E-state index contributed by atoms with van der Waals surface area (Å²) < 4.78 is 2.00. The summed E-state index contributed by atoms with van der Waals surface area (Å²) in [6.07, 6.45) is 3.16. The van der Waals surface area contributed by atoms with Crippen LogP contribution in [0.15, 0.2) is 12.3 Å². The Kier molecular flexibility index (Phi) is 3.07. The van der Waals surface area contributed by atoms with E-state index in [0.717, 1.165) is 6.54 Å². The normalized spacial score (nSPS) is 27.4. The van der Waals surface area contributed by atoms with E-state index >= 15 is 0 Å². The Balaban J connectivity index is 2.21. The lowest BCUT2D eigenvalue weighted by Crippen LogP contribution is -2.28. The molecule has 0 saturated carbocycles. The number of rotatable bonds is 3. The maximum Gasteiger partial charge on any atom is 0.0555 e. The van der Waals surface area contributed by atoms with Gasteiger partial charge in [0.2, 0.25) is 0 Å². The first-order chi connectivity index (χ1) is 7.24. The van der Waals surface area contributed by atoms with Gasteiger partial charge >= 0.3 is 0 Å². The van der Waals surface area contributed by atoms with Crippen molar-refractivity contribution in [3.05, 3.63) is 18.0 Å². The molecule has 2 rings (SSSR count). The molecular formula is C11H20N4. The fourth-order valence-corrected chi connectivity index (χ4v) is 2.64. The minimum atomic E-state index is 0.518. The summed E-state index contributed by atoms with van der Waals surface area (Å²) in [7, 11) is 6.25. The summed E-state index contributed by atoms with van der Waals surface area (Å²) in [6.45, 7) is 2.27. The number of hydrogen-bond acceptors (Lipinski definition) is 3. The first kappa shape index (κ1) is 10.6. The van der Waals surface area contributed by atoms with Gasteiger partial charge in [-0.05, 0) is 45.6 Å². The number of aryl methyl sites for hydroxylation is 1. The topological polar surface area (TPSA) is 33.1 Å². The zero-order valence-electron chi connectivity index (χ0n) is 9.77. The van der Waals surface area contributed by atoms with E-state index in [1.807, 2.05) is 25.0 Å². The van der Waals surface area contributed by atoms with Crippen LogP contribution in [-0.2, 0) is 7.05 Å². The quantitative estimate of drug-likeness (QED) is 0.791. The number of nitrogens with one attached hydrogen (secondary N) is 1. The van der Waals surface area contributed by atoms with Crippen molar-refractivity contribution >= 4 is 0 Å². The standard InChI is InChI=1S/C11H20N4/c1-12-8-9-5-7-14(2)11(9)10-4-6-13-15(10)3/h4,6,9,11-12H,5,7-8H2,1-3H3. The van der Waals surface area contributed by atoms with E-state index in [0.29, 0.717) is 12.0 Å². The molecule has 1 N–H and O–H groups in total. The minimum absolute atomic E-state index is 0.518. The predicted octanol–water partition coefficient (Wildman–Crippen LogP) is 0.632. The van der Waals surface area contributed by atoms with E-state index in [-0.39, 0.29) is 0 Å². The molecule has 1 fully saturated rings. The third-order valence-corrected chi connectivity index (χ3v) is 3.40. The Morgan fingerprint density at radius 3 is 2.93 bits per heavy atom. The molecule has 4 nitrogen and oxygen atoms in total. The molecule has 0 spiro atoms. The molecule has 0 amide bonds. The van der Waals surface area contributed by atoms with Crippen LogP contribution in [0.2, 0.25) is 0 Å². The lowest BCUT2D eigenvalue weighted by Gasteiger charge is -2.25. The van der Waals surface area contributed by atoms with Crippen molar-refractivity contribution < 1.29 is 0 Å². The van der Waals surface area contributed by atoms with E-state index in [2.05, 4.69) is 28.4 Å². The Hall–Kier alpha value is -0.870. The molecule has 1 aromatic heterocycles. The highest BCUT2D eigenvalue weighted by Gasteiger charge is 2.33. The number of likely N-dealkylation sites (tertiary alicyclic amines) is 1. The van der Waals surface area contributed by atoms with E-state index in [1.54, 1.807) is 0 Å². The van der Waals surface area contributed by atoms with E-state index in [4.69, 9.17) is 0 Å². The third kappa shape index (κ3) is 1.92. The average Bonchev–Trinajstić information content (AvgIpc) is 2.75. The van der Waals surface area contributed by atoms with Gasteiger partial charge in [0.15, 0.2) is 0 Å². The van der Waals surface area contributed by atoms with Crippen molar-refractivity contribution in [2.24, 2.45) is 13.0 Å². The number of hydrogen-bond donors (Lipinski definition) is 1. The zero-order chi connectivity index (χ0) is 10.8. The molecule has 1 aromatic rings. The van der Waals surface area contributed by atoms with Gasteiger partial charge in [-0.2, -0.15) is 5.10 Å². The van der Waals surface area contributed by atoms with E-state index in [1.165, 1.54) is 18.7 Å². The zero-order valence-corrected chi connectivity index (χ0v) is 9.77. The van der Waals surface area contributed by atoms with Gasteiger partial charge in [0, 0.05) is 13.2 Å². The molecular weight excluding hydrogens is 188 g/mol. The van der Waals surface area contributed by atoms with Gasteiger partial charge in [0.1, 0.15) is 0 Å². The molecule has 0 aliphatic carbocycles. The molecule has 0 radical (unpaired) electrons. The summed E-state index contributed by atoms with van der Waals surface area (Å²) in [6, 6.07) is 2.65. The SMILES string of the molecule is CNCC1CCN(C)C1c1ccnn1C. The summed E-state index contributed by atoms with van der Waals surface area (Å²) in [5.41, 5.74) is 1.33. The lowest BCUT2D eigenvalue weighted by molar-refractivity contribution is 0.261. The highest BCUT2D eigenvalue weighted by Crippen LogP contribution is 2.35. The molecule has 84 valence electrons. The number of aromatic nitrogens is 2. The second kappa shape index (κ2) is 4.33. The van der Waals surface area contributed by atoms with Crippen molar-refractivity contribution in [1.29, 1.82) is 0 Å². The molecule has 4 heteroatoms. The fraction of sp³-hybridized carbons (Fsp3) is 0.727. The Bertz CT molecular complexity index is 318. The summed E-state index contributed by atoms with van der Waals surface area (Å²) in [5, 5.41) is 7.55. The van der Waals surface area contributed by atoms with Crippen LogP contribution in [0.3, 0.4) is 0 Å². The molecule has 0 aromatic carbocycles. The summed E-state index contributed by atoms with van der Waals surface area (Å²) in [5.74, 6) is 0.704. The van der Waals surface area contributed by atoms with Gasteiger partial charge in [-0.25, -0.2) is 0 Å². The molecule has 0 bridgehead atoms. The molecule has 1 aliphatic heterocycles. The Morgan fingerprint density at radius 1 is 1.53 bits per heavy atom. The van der Waals surface area contributed by atoms with Gasteiger partial charge in [0.05, 0.1) is 11.7 Å². The van der Waals surface area contributed by atoms with Gasteiger partial charge in [0.25, 0.3) is 0 Å². The molecule has 2 unspecified atom stereocenters.